The number of likely N-dealkylation sites (tertiary alicyclic amines) is 1. The summed E-state index contributed by atoms with van der Waals surface area (Å²) >= 11 is 2.29. The molecule has 0 aromatic rings. The van der Waals surface area contributed by atoms with E-state index in [0.717, 1.165) is 6.42 Å². The second-order valence-electron chi connectivity index (χ2n) is 3.44. The van der Waals surface area contributed by atoms with Crippen molar-refractivity contribution in [2.45, 2.75) is 29.7 Å². The number of hydrogen-bond acceptors (Lipinski definition) is 3. The Bertz CT molecular complexity index is 244. The zero-order valence-electron chi connectivity index (χ0n) is 8.33. The van der Waals surface area contributed by atoms with Gasteiger partial charge in [-0.15, -0.1) is 0 Å². The molecule has 1 aliphatic heterocycles. The Morgan fingerprint density at radius 1 is 1.57 bits per heavy atom. The van der Waals surface area contributed by atoms with Crippen LogP contribution in [0.1, 0.15) is 19.8 Å². The van der Waals surface area contributed by atoms with Gasteiger partial charge in [0.2, 0.25) is 0 Å². The van der Waals surface area contributed by atoms with Gasteiger partial charge in [-0.1, -0.05) is 22.6 Å². The van der Waals surface area contributed by atoms with Crippen molar-refractivity contribution in [3.05, 3.63) is 0 Å². The third-order valence-electron chi connectivity index (χ3n) is 2.37. The number of carbonyl (C=O) groups is 2. The molecule has 0 unspecified atom stereocenters. The number of Topliss-reactive ketones (excluding diaryl/α,β-unsaturated/α-hetero) is 1. The molecule has 1 fully saturated rings. The maximum atomic E-state index is 11.3. The van der Waals surface area contributed by atoms with Gasteiger partial charge in [-0.05, 0) is 13.3 Å². The molecule has 1 aliphatic rings. The van der Waals surface area contributed by atoms with Crippen LogP contribution in [0.25, 0.3) is 0 Å². The first kappa shape index (κ1) is 11.7. The monoisotopic (exact) mass is 311 g/mol. The van der Waals surface area contributed by atoms with E-state index in [1.165, 1.54) is 7.11 Å². The summed E-state index contributed by atoms with van der Waals surface area (Å²) in [6, 6.07) is 0.0144. The Kier molecular flexibility index (Phi) is 4.15. The molecule has 1 amide bonds. The van der Waals surface area contributed by atoms with E-state index in [-0.39, 0.29) is 17.9 Å². The molecule has 0 N–H and O–H groups in total. The molecule has 1 heterocycles. The number of ether oxygens (including phenoxy) is 1. The van der Waals surface area contributed by atoms with E-state index in [1.807, 2.05) is 0 Å². The molecule has 0 aromatic heterocycles. The summed E-state index contributed by atoms with van der Waals surface area (Å²) in [4.78, 5) is 24.0. The summed E-state index contributed by atoms with van der Waals surface area (Å²) in [5.74, 6) is 0.118. The molecule has 0 spiro atoms. The number of nitrogens with zero attached hydrogens (tertiary/aromatic N) is 1. The van der Waals surface area contributed by atoms with E-state index in [0.29, 0.717) is 16.9 Å². The summed E-state index contributed by atoms with van der Waals surface area (Å²) in [7, 11) is 1.37. The Morgan fingerprint density at radius 2 is 2.21 bits per heavy atom. The van der Waals surface area contributed by atoms with Crippen molar-refractivity contribution in [1.82, 2.24) is 4.90 Å². The van der Waals surface area contributed by atoms with Crippen molar-refractivity contribution in [1.29, 1.82) is 0 Å². The maximum Gasteiger partial charge on any atom is 0.409 e. The molecule has 80 valence electrons. The van der Waals surface area contributed by atoms with Crippen LogP contribution in [-0.2, 0) is 9.53 Å². The summed E-state index contributed by atoms with van der Waals surface area (Å²) in [5.41, 5.74) is 0. The van der Waals surface area contributed by atoms with Gasteiger partial charge in [0.25, 0.3) is 0 Å². The van der Waals surface area contributed by atoms with Crippen LogP contribution in [0.15, 0.2) is 0 Å². The Balaban J connectivity index is 2.66. The normalized spacial score (nSPS) is 26.4. The largest absolute Gasteiger partial charge is 0.453 e. The number of hydrogen-bond donors (Lipinski definition) is 0. The molecule has 0 bridgehead atoms. The van der Waals surface area contributed by atoms with Crippen molar-refractivity contribution >= 4 is 34.5 Å². The molecule has 0 radical (unpaired) electrons. The van der Waals surface area contributed by atoms with E-state index >= 15 is 0 Å². The molecular weight excluding hydrogens is 297 g/mol. The quantitative estimate of drug-likeness (QED) is 0.575. The van der Waals surface area contributed by atoms with E-state index in [1.54, 1.807) is 11.8 Å². The molecule has 14 heavy (non-hydrogen) atoms. The van der Waals surface area contributed by atoms with Crippen molar-refractivity contribution in [2.24, 2.45) is 0 Å². The van der Waals surface area contributed by atoms with Gasteiger partial charge in [0.05, 0.1) is 13.2 Å². The van der Waals surface area contributed by atoms with Gasteiger partial charge in [0, 0.05) is 16.9 Å². The van der Waals surface area contributed by atoms with Crippen LogP contribution in [0.2, 0.25) is 0 Å². The molecule has 0 aromatic carbocycles. The molecule has 4 nitrogen and oxygen atoms in total. The van der Waals surface area contributed by atoms with Crippen LogP contribution >= 0.6 is 22.6 Å². The van der Waals surface area contributed by atoms with Gasteiger partial charge in [0.1, 0.15) is 5.78 Å². The highest BCUT2D eigenvalue weighted by Gasteiger charge is 2.36. The van der Waals surface area contributed by atoms with E-state index in [9.17, 15) is 9.59 Å². The zero-order valence-corrected chi connectivity index (χ0v) is 10.5. The molecule has 5 heteroatoms. The summed E-state index contributed by atoms with van der Waals surface area (Å²) in [6.07, 6.45) is 1.05. The minimum absolute atomic E-state index is 0.0144. The standard InChI is InChI=1S/C9H14INO3/c1-6(12)5-8-7(10)3-4-11(8)9(13)14-2/h7-8H,3-5H2,1-2H3/t7-,8+/m1/s1. The third kappa shape index (κ3) is 2.59. The van der Waals surface area contributed by atoms with Gasteiger partial charge in [-0.25, -0.2) is 4.79 Å². The first-order chi connectivity index (χ1) is 6.56. The Labute approximate surface area is 97.1 Å². The average molecular weight is 311 g/mol. The fraction of sp³-hybridized carbons (Fsp3) is 0.778. The maximum absolute atomic E-state index is 11.3. The van der Waals surface area contributed by atoms with Gasteiger partial charge >= 0.3 is 6.09 Å². The van der Waals surface area contributed by atoms with E-state index in [2.05, 4.69) is 27.3 Å². The van der Waals surface area contributed by atoms with Crippen molar-refractivity contribution in [3.63, 3.8) is 0 Å². The van der Waals surface area contributed by atoms with Crippen molar-refractivity contribution < 1.29 is 14.3 Å². The van der Waals surface area contributed by atoms with Gasteiger partial charge < -0.3 is 9.64 Å². The minimum atomic E-state index is -0.324. The Hall–Kier alpha value is -0.330. The van der Waals surface area contributed by atoms with Crippen molar-refractivity contribution in [2.75, 3.05) is 13.7 Å². The highest BCUT2D eigenvalue weighted by atomic mass is 127. The molecule has 1 rings (SSSR count). The molecule has 1 saturated heterocycles. The second-order valence-corrected chi connectivity index (χ2v) is 5.04. The molecule has 0 aliphatic carbocycles. The number of halogens is 1. The fourth-order valence-electron chi connectivity index (χ4n) is 1.69. The summed E-state index contributed by atoms with van der Waals surface area (Å²) < 4.78 is 5.02. The van der Waals surface area contributed by atoms with Gasteiger partial charge in [0.15, 0.2) is 0 Å². The van der Waals surface area contributed by atoms with E-state index in [4.69, 9.17) is 0 Å². The third-order valence-corrected chi connectivity index (χ3v) is 3.82. The zero-order chi connectivity index (χ0) is 10.7. The highest BCUT2D eigenvalue weighted by Crippen LogP contribution is 2.27. The van der Waals surface area contributed by atoms with Crippen LogP contribution in [-0.4, -0.2) is 40.4 Å². The lowest BCUT2D eigenvalue weighted by molar-refractivity contribution is -0.117. The molecule has 0 saturated carbocycles. The highest BCUT2D eigenvalue weighted by molar-refractivity contribution is 14.1. The lowest BCUT2D eigenvalue weighted by Gasteiger charge is -2.23. The number of ketones is 1. The number of methoxy groups -OCH3 is 1. The van der Waals surface area contributed by atoms with Crippen LogP contribution in [0.5, 0.6) is 0 Å². The van der Waals surface area contributed by atoms with Gasteiger partial charge in [-0.3, -0.25) is 4.79 Å². The summed E-state index contributed by atoms with van der Waals surface area (Å²) in [6.45, 7) is 2.25. The van der Waals surface area contributed by atoms with Crippen LogP contribution in [0.3, 0.4) is 0 Å². The predicted octanol–water partition coefficient (Wildman–Crippen LogP) is 1.61. The average Bonchev–Trinajstić information content (AvgIpc) is 2.46. The SMILES string of the molecule is COC(=O)N1CC[C@@H](I)[C@@H]1CC(C)=O. The predicted molar refractivity (Wildman–Crippen MR) is 60.6 cm³/mol. The van der Waals surface area contributed by atoms with Crippen LogP contribution in [0.4, 0.5) is 4.79 Å². The lowest BCUT2D eigenvalue weighted by atomic mass is 10.1. The van der Waals surface area contributed by atoms with Gasteiger partial charge in [-0.2, -0.15) is 0 Å². The topological polar surface area (TPSA) is 46.6 Å². The van der Waals surface area contributed by atoms with Crippen LogP contribution in [0, 0.1) is 0 Å². The smallest absolute Gasteiger partial charge is 0.409 e. The fourth-order valence-corrected chi connectivity index (χ4v) is 2.61. The van der Waals surface area contributed by atoms with Crippen molar-refractivity contribution in [3.8, 4) is 0 Å². The molecule has 2 atom stereocenters. The summed E-state index contributed by atoms with van der Waals surface area (Å²) in [5, 5.41) is 0. The number of rotatable bonds is 2. The Morgan fingerprint density at radius 3 is 2.71 bits per heavy atom. The number of amides is 1. The first-order valence-electron chi connectivity index (χ1n) is 4.54. The number of carbonyl (C=O) groups excluding carboxylic acids is 2. The lowest BCUT2D eigenvalue weighted by Crippen LogP contribution is -2.39. The minimum Gasteiger partial charge on any atom is -0.453 e. The number of alkyl halides is 1. The van der Waals surface area contributed by atoms with E-state index < -0.39 is 0 Å². The molecular formula is C9H14INO3. The first-order valence-corrected chi connectivity index (χ1v) is 5.79. The second kappa shape index (κ2) is 4.95. The van der Waals surface area contributed by atoms with Crippen LogP contribution < -0.4 is 0 Å².